The molecule has 0 spiro atoms. The highest BCUT2D eigenvalue weighted by molar-refractivity contribution is 9.09. The van der Waals surface area contributed by atoms with Gasteiger partial charge in [-0.3, -0.25) is 4.79 Å². The number of rotatable bonds is 1. The highest BCUT2D eigenvalue weighted by atomic mass is 79.9. The Bertz CT molecular complexity index is 214. The van der Waals surface area contributed by atoms with Crippen molar-refractivity contribution in [1.82, 2.24) is 10.2 Å². The number of carbonyl (C=O) groups excluding carboxylic acids is 1. The molecule has 3 nitrogen and oxygen atoms in total. The summed E-state index contributed by atoms with van der Waals surface area (Å²) in [5.41, 5.74) is 0. The Balaban J connectivity index is 1.95. The molecule has 1 amide bonds. The van der Waals surface area contributed by atoms with Crippen molar-refractivity contribution in [3.8, 4) is 0 Å². The number of likely N-dealkylation sites (tertiary alicyclic amines) is 1. The molecule has 0 aromatic rings. The van der Waals surface area contributed by atoms with Crippen LogP contribution in [0.4, 0.5) is 0 Å². The van der Waals surface area contributed by atoms with Crippen LogP contribution in [-0.4, -0.2) is 41.3 Å². The fourth-order valence-corrected chi connectivity index (χ4v) is 2.89. The van der Waals surface area contributed by atoms with Gasteiger partial charge in [0.05, 0.1) is 0 Å². The number of nitrogens with zero attached hydrogens (tertiary/aromatic N) is 1. The second-order valence-electron chi connectivity index (χ2n) is 4.20. The average Bonchev–Trinajstić information content (AvgIpc) is 2.43. The van der Waals surface area contributed by atoms with Gasteiger partial charge >= 0.3 is 0 Å². The van der Waals surface area contributed by atoms with E-state index in [0.717, 1.165) is 19.6 Å². The van der Waals surface area contributed by atoms with Crippen LogP contribution < -0.4 is 5.32 Å². The molecule has 0 radical (unpaired) electrons. The molecule has 4 heteroatoms. The maximum absolute atomic E-state index is 11.7. The summed E-state index contributed by atoms with van der Waals surface area (Å²) in [5.74, 6) is 0.320. The highest BCUT2D eigenvalue weighted by Gasteiger charge is 2.32. The summed E-state index contributed by atoms with van der Waals surface area (Å²) in [6, 6.07) is 0.438. The molecule has 2 aliphatic rings. The Morgan fingerprint density at radius 3 is 3.00 bits per heavy atom. The monoisotopic (exact) mass is 260 g/mol. The SMILES string of the molecule is O=C1CC(Br)CN1C1CCCCNC1. The van der Waals surface area contributed by atoms with E-state index < -0.39 is 0 Å². The largest absolute Gasteiger partial charge is 0.337 e. The normalized spacial score (nSPS) is 34.6. The van der Waals surface area contributed by atoms with Gasteiger partial charge in [-0.25, -0.2) is 0 Å². The van der Waals surface area contributed by atoms with Crippen molar-refractivity contribution in [2.45, 2.75) is 36.6 Å². The van der Waals surface area contributed by atoms with Crippen molar-refractivity contribution >= 4 is 21.8 Å². The smallest absolute Gasteiger partial charge is 0.224 e. The van der Waals surface area contributed by atoms with Crippen molar-refractivity contribution in [3.63, 3.8) is 0 Å². The summed E-state index contributed by atoms with van der Waals surface area (Å²) < 4.78 is 0. The molecule has 2 aliphatic heterocycles. The minimum absolute atomic E-state index is 0.320. The van der Waals surface area contributed by atoms with Gasteiger partial charge in [-0.15, -0.1) is 0 Å². The first-order chi connectivity index (χ1) is 6.77. The molecule has 2 rings (SSSR count). The summed E-state index contributed by atoms with van der Waals surface area (Å²) >= 11 is 3.52. The fraction of sp³-hybridized carbons (Fsp3) is 0.900. The van der Waals surface area contributed by atoms with Crippen molar-refractivity contribution in [1.29, 1.82) is 0 Å². The number of amides is 1. The maximum atomic E-state index is 11.7. The summed E-state index contributed by atoms with van der Waals surface area (Å²) in [4.78, 5) is 14.1. The zero-order valence-corrected chi connectivity index (χ0v) is 9.92. The third kappa shape index (κ3) is 2.28. The Hall–Kier alpha value is -0.0900. The third-order valence-corrected chi connectivity index (χ3v) is 3.69. The molecule has 2 atom stereocenters. The summed E-state index contributed by atoms with van der Waals surface area (Å²) in [6.45, 7) is 2.98. The molecule has 2 fully saturated rings. The summed E-state index contributed by atoms with van der Waals surface area (Å²) in [7, 11) is 0. The topological polar surface area (TPSA) is 32.3 Å². The van der Waals surface area contributed by atoms with Gasteiger partial charge < -0.3 is 10.2 Å². The summed E-state index contributed by atoms with van der Waals surface area (Å²) in [5, 5.41) is 3.40. The van der Waals surface area contributed by atoms with Crippen LogP contribution in [0, 0.1) is 0 Å². The van der Waals surface area contributed by atoms with Gasteiger partial charge in [0.15, 0.2) is 0 Å². The lowest BCUT2D eigenvalue weighted by Gasteiger charge is -2.26. The Kier molecular flexibility index (Phi) is 3.44. The predicted molar refractivity (Wildman–Crippen MR) is 59.6 cm³/mol. The molecule has 0 aromatic heterocycles. The van der Waals surface area contributed by atoms with E-state index in [0.29, 0.717) is 23.2 Å². The van der Waals surface area contributed by atoms with Gasteiger partial charge in [-0.05, 0) is 19.4 Å². The molecule has 0 aliphatic carbocycles. The molecule has 0 saturated carbocycles. The van der Waals surface area contributed by atoms with Gasteiger partial charge in [-0.2, -0.15) is 0 Å². The molecule has 2 saturated heterocycles. The number of hydrogen-bond donors (Lipinski definition) is 1. The zero-order valence-electron chi connectivity index (χ0n) is 8.34. The molecule has 0 bridgehead atoms. The first kappa shape index (κ1) is 10.4. The number of nitrogens with one attached hydrogen (secondary N) is 1. The molecule has 2 unspecified atom stereocenters. The minimum Gasteiger partial charge on any atom is -0.337 e. The molecule has 80 valence electrons. The van der Waals surface area contributed by atoms with Crippen LogP contribution in [0.5, 0.6) is 0 Å². The lowest BCUT2D eigenvalue weighted by molar-refractivity contribution is -0.129. The Labute approximate surface area is 93.4 Å². The van der Waals surface area contributed by atoms with E-state index in [1.54, 1.807) is 0 Å². The van der Waals surface area contributed by atoms with Crippen LogP contribution in [0.3, 0.4) is 0 Å². The predicted octanol–water partition coefficient (Wildman–Crippen LogP) is 1.12. The quantitative estimate of drug-likeness (QED) is 0.717. The van der Waals surface area contributed by atoms with Gasteiger partial charge in [0.1, 0.15) is 0 Å². The summed E-state index contributed by atoms with van der Waals surface area (Å²) in [6.07, 6.45) is 4.33. The molecule has 1 N–H and O–H groups in total. The van der Waals surface area contributed by atoms with Crippen LogP contribution in [0.1, 0.15) is 25.7 Å². The first-order valence-electron chi connectivity index (χ1n) is 5.41. The van der Waals surface area contributed by atoms with E-state index >= 15 is 0 Å². The number of halogens is 1. The van der Waals surface area contributed by atoms with Gasteiger partial charge in [-0.1, -0.05) is 22.4 Å². The van der Waals surface area contributed by atoms with Crippen molar-refractivity contribution in [3.05, 3.63) is 0 Å². The minimum atomic E-state index is 0.320. The number of alkyl halides is 1. The Morgan fingerprint density at radius 2 is 2.29 bits per heavy atom. The lowest BCUT2D eigenvalue weighted by Crippen LogP contribution is -2.42. The second kappa shape index (κ2) is 4.62. The van der Waals surface area contributed by atoms with Gasteiger partial charge in [0.25, 0.3) is 0 Å². The van der Waals surface area contributed by atoms with Crippen LogP contribution in [0.2, 0.25) is 0 Å². The molecule has 2 heterocycles. The van der Waals surface area contributed by atoms with Gasteiger partial charge in [0, 0.05) is 30.4 Å². The zero-order chi connectivity index (χ0) is 9.97. The van der Waals surface area contributed by atoms with Gasteiger partial charge in [0.2, 0.25) is 5.91 Å². The second-order valence-corrected chi connectivity index (χ2v) is 5.50. The van der Waals surface area contributed by atoms with E-state index in [9.17, 15) is 4.79 Å². The number of carbonyl (C=O) groups is 1. The Morgan fingerprint density at radius 1 is 1.43 bits per heavy atom. The van der Waals surface area contributed by atoms with E-state index in [-0.39, 0.29) is 0 Å². The molecule has 14 heavy (non-hydrogen) atoms. The maximum Gasteiger partial charge on any atom is 0.224 e. The molecule has 0 aromatic carbocycles. The fourth-order valence-electron chi connectivity index (χ4n) is 2.31. The van der Waals surface area contributed by atoms with Crippen molar-refractivity contribution in [2.75, 3.05) is 19.6 Å². The van der Waals surface area contributed by atoms with E-state index in [1.165, 1.54) is 19.3 Å². The molecular weight excluding hydrogens is 244 g/mol. The standard InChI is InChI=1S/C10H17BrN2O/c11-8-5-10(14)13(7-8)9-3-1-2-4-12-6-9/h8-9,12H,1-7H2. The highest BCUT2D eigenvalue weighted by Crippen LogP contribution is 2.23. The van der Waals surface area contributed by atoms with E-state index in [1.807, 2.05) is 0 Å². The lowest BCUT2D eigenvalue weighted by atomic mass is 10.1. The van der Waals surface area contributed by atoms with Crippen LogP contribution in [0.25, 0.3) is 0 Å². The average molecular weight is 261 g/mol. The first-order valence-corrected chi connectivity index (χ1v) is 6.33. The van der Waals surface area contributed by atoms with Crippen molar-refractivity contribution < 1.29 is 4.79 Å². The third-order valence-electron chi connectivity index (χ3n) is 3.07. The molecular formula is C10H17BrN2O. The van der Waals surface area contributed by atoms with Crippen LogP contribution in [0.15, 0.2) is 0 Å². The van der Waals surface area contributed by atoms with Crippen molar-refractivity contribution in [2.24, 2.45) is 0 Å². The number of hydrogen-bond acceptors (Lipinski definition) is 2. The van der Waals surface area contributed by atoms with E-state index in [2.05, 4.69) is 26.1 Å². The van der Waals surface area contributed by atoms with Crippen LogP contribution >= 0.6 is 15.9 Å². The van der Waals surface area contributed by atoms with Crippen LogP contribution in [-0.2, 0) is 4.79 Å². The van der Waals surface area contributed by atoms with E-state index in [4.69, 9.17) is 0 Å².